The summed E-state index contributed by atoms with van der Waals surface area (Å²) in [6.07, 6.45) is 1.30. The highest BCUT2D eigenvalue weighted by molar-refractivity contribution is 5.47. The van der Waals surface area contributed by atoms with Gasteiger partial charge in [0.15, 0.2) is 0 Å². The molecule has 0 saturated heterocycles. The van der Waals surface area contributed by atoms with Crippen molar-refractivity contribution in [1.29, 1.82) is 0 Å². The summed E-state index contributed by atoms with van der Waals surface area (Å²) in [6, 6.07) is 6.56. The first kappa shape index (κ1) is 10.2. The van der Waals surface area contributed by atoms with E-state index in [0.29, 0.717) is 11.4 Å². The molecule has 5 heteroatoms. The smallest absolute Gasteiger partial charge is 0.254 e. The van der Waals surface area contributed by atoms with Crippen LogP contribution in [0.1, 0.15) is 5.56 Å². The number of rotatable bonds is 2. The number of aromatic nitrogens is 2. The number of H-pyrrole nitrogens is 1. The molecule has 0 atom stereocenters. The summed E-state index contributed by atoms with van der Waals surface area (Å²) in [5, 5.41) is 0. The summed E-state index contributed by atoms with van der Waals surface area (Å²) < 4.78 is 5.46. The van der Waals surface area contributed by atoms with E-state index >= 15 is 0 Å². The number of nitrogens with two attached hydrogens (primary N) is 1. The van der Waals surface area contributed by atoms with Crippen molar-refractivity contribution in [2.75, 3.05) is 5.73 Å². The molecule has 0 spiro atoms. The van der Waals surface area contributed by atoms with Gasteiger partial charge in [-0.1, -0.05) is 0 Å². The zero-order valence-corrected chi connectivity index (χ0v) is 8.73. The maximum atomic E-state index is 11.0. The number of hydrogen-bond donors (Lipinski definition) is 2. The number of anilines is 1. The minimum atomic E-state index is -0.252. The van der Waals surface area contributed by atoms with Crippen LogP contribution < -0.4 is 16.0 Å². The third kappa shape index (κ3) is 2.20. The molecule has 0 aliphatic carbocycles. The van der Waals surface area contributed by atoms with Crippen molar-refractivity contribution in [2.24, 2.45) is 0 Å². The molecule has 2 aromatic rings. The van der Waals surface area contributed by atoms with Crippen LogP contribution in [0.5, 0.6) is 11.6 Å². The standard InChI is InChI=1S/C11H11N3O2/c1-7-4-8(12)2-3-9(7)16-11-5-10(15)13-6-14-11/h2-6H,12H2,1H3,(H,13,14,15). The number of aromatic amines is 1. The Bertz CT molecular complexity index is 563. The van der Waals surface area contributed by atoms with Crippen LogP contribution in [0.15, 0.2) is 35.4 Å². The van der Waals surface area contributed by atoms with Gasteiger partial charge in [0.05, 0.1) is 12.4 Å². The highest BCUT2D eigenvalue weighted by Gasteiger charge is 2.02. The van der Waals surface area contributed by atoms with Crippen LogP contribution in [0.3, 0.4) is 0 Å². The summed E-state index contributed by atoms with van der Waals surface area (Å²) in [5.41, 5.74) is 6.93. The van der Waals surface area contributed by atoms with Gasteiger partial charge in [0.25, 0.3) is 5.56 Å². The number of nitrogens with one attached hydrogen (secondary N) is 1. The fraction of sp³-hybridized carbons (Fsp3) is 0.0909. The number of nitrogen functional groups attached to an aromatic ring is 1. The normalized spacial score (nSPS) is 10.1. The second kappa shape index (κ2) is 4.06. The Morgan fingerprint density at radius 3 is 2.88 bits per heavy atom. The van der Waals surface area contributed by atoms with Crippen LogP contribution in [0.4, 0.5) is 5.69 Å². The lowest BCUT2D eigenvalue weighted by molar-refractivity contribution is 0.457. The predicted molar refractivity (Wildman–Crippen MR) is 60.5 cm³/mol. The lowest BCUT2D eigenvalue weighted by Crippen LogP contribution is -2.04. The third-order valence-corrected chi connectivity index (χ3v) is 2.07. The van der Waals surface area contributed by atoms with Crippen LogP contribution in [0.2, 0.25) is 0 Å². The molecular formula is C11H11N3O2. The van der Waals surface area contributed by atoms with Gasteiger partial charge < -0.3 is 15.5 Å². The van der Waals surface area contributed by atoms with Gasteiger partial charge in [-0.25, -0.2) is 4.98 Å². The molecule has 16 heavy (non-hydrogen) atoms. The molecule has 0 unspecified atom stereocenters. The van der Waals surface area contributed by atoms with E-state index in [1.807, 2.05) is 6.92 Å². The Balaban J connectivity index is 2.30. The molecule has 0 bridgehead atoms. The van der Waals surface area contributed by atoms with Crippen molar-refractivity contribution >= 4 is 5.69 Å². The third-order valence-electron chi connectivity index (χ3n) is 2.07. The molecule has 1 heterocycles. The first-order valence-electron chi connectivity index (χ1n) is 4.74. The lowest BCUT2D eigenvalue weighted by Gasteiger charge is -2.07. The fourth-order valence-electron chi connectivity index (χ4n) is 1.31. The summed E-state index contributed by atoms with van der Waals surface area (Å²) in [5.74, 6) is 0.893. The Morgan fingerprint density at radius 2 is 2.19 bits per heavy atom. The fourth-order valence-corrected chi connectivity index (χ4v) is 1.31. The molecular weight excluding hydrogens is 206 g/mol. The molecule has 0 fully saturated rings. The van der Waals surface area contributed by atoms with E-state index in [4.69, 9.17) is 10.5 Å². The van der Waals surface area contributed by atoms with Crippen molar-refractivity contribution in [3.05, 3.63) is 46.5 Å². The minimum absolute atomic E-state index is 0.252. The van der Waals surface area contributed by atoms with Crippen molar-refractivity contribution in [3.8, 4) is 11.6 Å². The van der Waals surface area contributed by atoms with Gasteiger partial charge in [0.2, 0.25) is 5.88 Å². The SMILES string of the molecule is Cc1cc(N)ccc1Oc1cc(=O)[nH]cn1. The highest BCUT2D eigenvalue weighted by Crippen LogP contribution is 2.24. The largest absolute Gasteiger partial charge is 0.438 e. The molecule has 0 amide bonds. The van der Waals surface area contributed by atoms with Gasteiger partial charge in [-0.2, -0.15) is 0 Å². The molecule has 0 saturated carbocycles. The van der Waals surface area contributed by atoms with Crippen molar-refractivity contribution < 1.29 is 4.74 Å². The molecule has 3 N–H and O–H groups in total. The van der Waals surface area contributed by atoms with Crippen molar-refractivity contribution in [2.45, 2.75) is 6.92 Å². The number of nitrogens with zero attached hydrogens (tertiary/aromatic N) is 1. The first-order valence-corrected chi connectivity index (χ1v) is 4.74. The lowest BCUT2D eigenvalue weighted by atomic mass is 10.2. The average molecular weight is 217 g/mol. The molecule has 1 aromatic carbocycles. The van der Waals surface area contributed by atoms with Crippen molar-refractivity contribution in [1.82, 2.24) is 9.97 Å². The topological polar surface area (TPSA) is 81.0 Å². The summed E-state index contributed by atoms with van der Waals surface area (Å²) in [4.78, 5) is 17.3. The van der Waals surface area contributed by atoms with Gasteiger partial charge in [-0.15, -0.1) is 0 Å². The highest BCUT2D eigenvalue weighted by atomic mass is 16.5. The second-order valence-corrected chi connectivity index (χ2v) is 3.38. The van der Waals surface area contributed by atoms with Crippen LogP contribution in [0.25, 0.3) is 0 Å². The zero-order chi connectivity index (χ0) is 11.5. The van der Waals surface area contributed by atoms with Crippen LogP contribution in [-0.2, 0) is 0 Å². The Morgan fingerprint density at radius 1 is 1.38 bits per heavy atom. The van der Waals surface area contributed by atoms with E-state index < -0.39 is 0 Å². The van der Waals surface area contributed by atoms with Gasteiger partial charge in [0.1, 0.15) is 5.75 Å². The summed E-state index contributed by atoms with van der Waals surface area (Å²) in [6.45, 7) is 1.87. The molecule has 5 nitrogen and oxygen atoms in total. The van der Waals surface area contributed by atoms with Gasteiger partial charge >= 0.3 is 0 Å². The number of hydrogen-bond acceptors (Lipinski definition) is 4. The average Bonchev–Trinajstić information content (AvgIpc) is 2.22. The van der Waals surface area contributed by atoms with E-state index in [-0.39, 0.29) is 11.4 Å². The van der Waals surface area contributed by atoms with Crippen LogP contribution in [-0.4, -0.2) is 9.97 Å². The molecule has 2 rings (SSSR count). The summed E-state index contributed by atoms with van der Waals surface area (Å²) in [7, 11) is 0. The van der Waals surface area contributed by atoms with Gasteiger partial charge in [0, 0.05) is 5.69 Å². The summed E-state index contributed by atoms with van der Waals surface area (Å²) >= 11 is 0. The zero-order valence-electron chi connectivity index (χ0n) is 8.73. The molecule has 82 valence electrons. The maximum Gasteiger partial charge on any atom is 0.254 e. The monoisotopic (exact) mass is 217 g/mol. The van der Waals surface area contributed by atoms with E-state index in [2.05, 4.69) is 9.97 Å². The molecule has 0 aliphatic heterocycles. The van der Waals surface area contributed by atoms with E-state index in [1.165, 1.54) is 12.4 Å². The Hall–Kier alpha value is -2.30. The van der Waals surface area contributed by atoms with E-state index in [0.717, 1.165) is 5.56 Å². The Labute approximate surface area is 91.9 Å². The molecule has 1 aromatic heterocycles. The molecule has 0 aliphatic rings. The van der Waals surface area contributed by atoms with Gasteiger partial charge in [-0.05, 0) is 30.7 Å². The predicted octanol–water partition coefficient (Wildman–Crippen LogP) is 1.45. The molecule has 0 radical (unpaired) electrons. The quantitative estimate of drug-likeness (QED) is 0.746. The number of aryl methyl sites for hydroxylation is 1. The Kier molecular flexibility index (Phi) is 2.59. The first-order chi connectivity index (χ1) is 7.65. The van der Waals surface area contributed by atoms with Crippen molar-refractivity contribution in [3.63, 3.8) is 0 Å². The van der Waals surface area contributed by atoms with E-state index in [9.17, 15) is 4.79 Å². The van der Waals surface area contributed by atoms with Crippen LogP contribution in [0, 0.1) is 6.92 Å². The van der Waals surface area contributed by atoms with E-state index in [1.54, 1.807) is 18.2 Å². The minimum Gasteiger partial charge on any atom is -0.438 e. The maximum absolute atomic E-state index is 11.0. The van der Waals surface area contributed by atoms with Gasteiger partial charge in [-0.3, -0.25) is 4.79 Å². The second-order valence-electron chi connectivity index (χ2n) is 3.38. The number of ether oxygens (including phenoxy) is 1. The van der Waals surface area contributed by atoms with Crippen LogP contribution >= 0.6 is 0 Å². The number of benzene rings is 1.